The number of nitrogens with zero attached hydrogens (tertiary/aromatic N) is 2. The van der Waals surface area contributed by atoms with Crippen molar-refractivity contribution in [1.29, 1.82) is 0 Å². The average Bonchev–Trinajstić information content (AvgIpc) is 2.89. The van der Waals surface area contributed by atoms with E-state index in [9.17, 15) is 5.11 Å². The van der Waals surface area contributed by atoms with E-state index in [4.69, 9.17) is 9.47 Å². The van der Waals surface area contributed by atoms with Gasteiger partial charge in [-0.05, 0) is 36.1 Å². The number of rotatable bonds is 6. The summed E-state index contributed by atoms with van der Waals surface area (Å²) < 4.78 is 12.2. The summed E-state index contributed by atoms with van der Waals surface area (Å²) in [4.78, 5) is 0. The molecule has 1 unspecified atom stereocenters. The van der Waals surface area contributed by atoms with Gasteiger partial charge in [0.05, 0.1) is 26.5 Å². The predicted octanol–water partition coefficient (Wildman–Crippen LogP) is 2.10. The molecule has 1 N–H and O–H groups in total. The Hall–Kier alpha value is -2.01. The fourth-order valence-corrected chi connectivity index (χ4v) is 2.09. The number of aryl methyl sites for hydroxylation is 2. The van der Waals surface area contributed by atoms with Gasteiger partial charge in [0, 0.05) is 19.3 Å². The maximum absolute atomic E-state index is 10.3. The quantitative estimate of drug-likeness (QED) is 0.878. The molecule has 1 aromatic heterocycles. The third kappa shape index (κ3) is 3.51. The lowest BCUT2D eigenvalue weighted by Crippen LogP contribution is -2.01. The maximum atomic E-state index is 10.3. The highest BCUT2D eigenvalue weighted by Gasteiger charge is 2.11. The number of ether oxygens (including phenoxy) is 2. The summed E-state index contributed by atoms with van der Waals surface area (Å²) in [6.45, 7) is 0. The lowest BCUT2D eigenvalue weighted by Gasteiger charge is -2.13. The van der Waals surface area contributed by atoms with Gasteiger partial charge in [0.15, 0.2) is 0 Å². The Morgan fingerprint density at radius 3 is 2.35 bits per heavy atom. The van der Waals surface area contributed by atoms with Gasteiger partial charge in [0.2, 0.25) is 0 Å². The van der Waals surface area contributed by atoms with Crippen molar-refractivity contribution in [2.45, 2.75) is 18.9 Å². The number of aliphatic hydroxyl groups excluding tert-OH is 1. The normalized spacial score (nSPS) is 12.2. The second kappa shape index (κ2) is 6.43. The summed E-state index contributed by atoms with van der Waals surface area (Å²) in [7, 11) is 5.08. The van der Waals surface area contributed by atoms with E-state index in [-0.39, 0.29) is 0 Å². The summed E-state index contributed by atoms with van der Waals surface area (Å²) in [5.74, 6) is 1.36. The average molecular weight is 276 g/mol. The first-order valence-electron chi connectivity index (χ1n) is 6.51. The summed E-state index contributed by atoms with van der Waals surface area (Å²) in [6.07, 6.45) is 4.62. The number of aromatic nitrogens is 2. The molecule has 0 bridgehead atoms. The number of hydrogen-bond donors (Lipinski definition) is 1. The monoisotopic (exact) mass is 276 g/mol. The van der Waals surface area contributed by atoms with E-state index in [1.165, 1.54) is 0 Å². The van der Waals surface area contributed by atoms with Crippen molar-refractivity contribution < 1.29 is 14.6 Å². The highest BCUT2D eigenvalue weighted by Crippen LogP contribution is 2.28. The van der Waals surface area contributed by atoms with Crippen LogP contribution in [0.25, 0.3) is 0 Å². The Morgan fingerprint density at radius 2 is 1.85 bits per heavy atom. The van der Waals surface area contributed by atoms with Gasteiger partial charge >= 0.3 is 0 Å². The fourth-order valence-electron chi connectivity index (χ4n) is 2.09. The van der Waals surface area contributed by atoms with Crippen molar-refractivity contribution in [2.75, 3.05) is 14.2 Å². The number of hydrogen-bond acceptors (Lipinski definition) is 4. The van der Waals surface area contributed by atoms with Crippen LogP contribution in [0.4, 0.5) is 0 Å². The molecule has 0 amide bonds. The summed E-state index contributed by atoms with van der Waals surface area (Å²) in [5.41, 5.74) is 1.91. The Morgan fingerprint density at radius 1 is 1.20 bits per heavy atom. The molecule has 5 heteroatoms. The summed E-state index contributed by atoms with van der Waals surface area (Å²) in [6, 6.07) is 5.45. The fraction of sp³-hybridized carbons (Fsp3) is 0.400. The van der Waals surface area contributed by atoms with Crippen LogP contribution in [-0.4, -0.2) is 29.1 Å². The van der Waals surface area contributed by atoms with Crippen molar-refractivity contribution in [3.8, 4) is 11.5 Å². The van der Waals surface area contributed by atoms with Crippen LogP contribution >= 0.6 is 0 Å². The second-order valence-corrected chi connectivity index (χ2v) is 4.72. The van der Waals surface area contributed by atoms with E-state index in [1.807, 2.05) is 31.6 Å². The van der Waals surface area contributed by atoms with Crippen molar-refractivity contribution in [3.05, 3.63) is 41.7 Å². The van der Waals surface area contributed by atoms with Gasteiger partial charge < -0.3 is 14.6 Å². The molecule has 0 aliphatic heterocycles. The smallest absolute Gasteiger partial charge is 0.122 e. The van der Waals surface area contributed by atoms with Crippen molar-refractivity contribution >= 4 is 0 Å². The summed E-state index contributed by atoms with van der Waals surface area (Å²) >= 11 is 0. The summed E-state index contributed by atoms with van der Waals surface area (Å²) in [5, 5.41) is 14.4. The first-order chi connectivity index (χ1) is 9.62. The number of aliphatic hydroxyl groups is 1. The standard InChI is InChI=1S/C15H20N2O3/c1-17-10-11(9-16-17)4-5-15(18)12-6-13(19-2)8-14(7-12)20-3/h6-10,15,18H,4-5H2,1-3H3. The van der Waals surface area contributed by atoms with Crippen LogP contribution in [0.1, 0.15) is 23.7 Å². The van der Waals surface area contributed by atoms with Gasteiger partial charge in [-0.2, -0.15) is 5.10 Å². The predicted molar refractivity (Wildman–Crippen MR) is 76.0 cm³/mol. The Labute approximate surface area is 118 Å². The molecule has 1 atom stereocenters. The maximum Gasteiger partial charge on any atom is 0.122 e. The lowest BCUT2D eigenvalue weighted by atomic mass is 10.0. The molecule has 0 aliphatic rings. The molecule has 0 fully saturated rings. The van der Waals surface area contributed by atoms with Crippen LogP contribution in [0.3, 0.4) is 0 Å². The zero-order valence-corrected chi connectivity index (χ0v) is 12.0. The van der Waals surface area contributed by atoms with E-state index >= 15 is 0 Å². The van der Waals surface area contributed by atoms with Crippen LogP contribution in [0, 0.1) is 0 Å². The minimum absolute atomic E-state index is 0.556. The molecule has 1 aromatic carbocycles. The van der Waals surface area contributed by atoms with Crippen molar-refractivity contribution in [2.24, 2.45) is 7.05 Å². The first kappa shape index (κ1) is 14.4. The van der Waals surface area contributed by atoms with Crippen LogP contribution in [-0.2, 0) is 13.5 Å². The zero-order valence-electron chi connectivity index (χ0n) is 12.0. The van der Waals surface area contributed by atoms with Gasteiger partial charge in [-0.3, -0.25) is 4.68 Å². The molecule has 2 rings (SSSR count). The van der Waals surface area contributed by atoms with Crippen molar-refractivity contribution in [3.63, 3.8) is 0 Å². The molecular weight excluding hydrogens is 256 g/mol. The largest absolute Gasteiger partial charge is 0.497 e. The molecule has 0 saturated heterocycles. The third-order valence-electron chi connectivity index (χ3n) is 3.22. The first-order valence-corrected chi connectivity index (χ1v) is 6.51. The minimum atomic E-state index is -0.556. The second-order valence-electron chi connectivity index (χ2n) is 4.72. The van der Waals surface area contributed by atoms with Gasteiger partial charge in [-0.15, -0.1) is 0 Å². The lowest BCUT2D eigenvalue weighted by molar-refractivity contribution is 0.167. The zero-order chi connectivity index (χ0) is 14.5. The molecule has 0 spiro atoms. The van der Waals surface area contributed by atoms with Gasteiger partial charge in [-0.1, -0.05) is 0 Å². The molecule has 108 valence electrons. The molecule has 2 aromatic rings. The molecular formula is C15H20N2O3. The van der Waals surface area contributed by atoms with Gasteiger partial charge in [0.25, 0.3) is 0 Å². The molecule has 20 heavy (non-hydrogen) atoms. The Bertz CT molecular complexity index is 544. The third-order valence-corrected chi connectivity index (χ3v) is 3.22. The van der Waals surface area contributed by atoms with Gasteiger partial charge in [-0.25, -0.2) is 0 Å². The van der Waals surface area contributed by atoms with E-state index < -0.39 is 6.10 Å². The molecule has 1 heterocycles. The number of methoxy groups -OCH3 is 2. The highest BCUT2D eigenvalue weighted by atomic mass is 16.5. The Kier molecular flexibility index (Phi) is 4.63. The molecule has 0 aliphatic carbocycles. The van der Waals surface area contributed by atoms with Crippen LogP contribution in [0.2, 0.25) is 0 Å². The van der Waals surface area contributed by atoms with Crippen molar-refractivity contribution in [1.82, 2.24) is 9.78 Å². The topological polar surface area (TPSA) is 56.5 Å². The van der Waals surface area contributed by atoms with Crippen LogP contribution in [0.5, 0.6) is 11.5 Å². The molecule has 0 saturated carbocycles. The van der Waals surface area contributed by atoms with E-state index in [1.54, 1.807) is 25.0 Å². The molecule has 5 nitrogen and oxygen atoms in total. The SMILES string of the molecule is COc1cc(OC)cc(C(O)CCc2cnn(C)c2)c1. The number of benzene rings is 1. The van der Waals surface area contributed by atoms with E-state index in [0.29, 0.717) is 17.9 Å². The molecule has 0 radical (unpaired) electrons. The van der Waals surface area contributed by atoms with E-state index in [2.05, 4.69) is 5.10 Å². The van der Waals surface area contributed by atoms with Crippen LogP contribution < -0.4 is 9.47 Å². The van der Waals surface area contributed by atoms with Crippen LogP contribution in [0.15, 0.2) is 30.6 Å². The Balaban J connectivity index is 2.06. The highest BCUT2D eigenvalue weighted by molar-refractivity contribution is 5.39. The minimum Gasteiger partial charge on any atom is -0.497 e. The van der Waals surface area contributed by atoms with E-state index in [0.717, 1.165) is 17.5 Å². The van der Waals surface area contributed by atoms with Gasteiger partial charge in [0.1, 0.15) is 11.5 Å².